The summed E-state index contributed by atoms with van der Waals surface area (Å²) in [7, 11) is 1.62. The maximum atomic E-state index is 12.7. The first-order chi connectivity index (χ1) is 16.0. The first kappa shape index (κ1) is 21.9. The number of benzene rings is 2. The van der Waals surface area contributed by atoms with Crippen LogP contribution in [-0.4, -0.2) is 21.8 Å². The Kier molecular flexibility index (Phi) is 5.76. The maximum Gasteiger partial charge on any atom is 0.420 e. The Bertz CT molecular complexity index is 1520. The van der Waals surface area contributed by atoms with Gasteiger partial charge in [0.25, 0.3) is 0 Å². The van der Waals surface area contributed by atoms with Gasteiger partial charge in [-0.2, -0.15) is 0 Å². The fourth-order valence-electron chi connectivity index (χ4n) is 4.03. The van der Waals surface area contributed by atoms with Crippen molar-refractivity contribution in [2.75, 3.05) is 7.11 Å². The second kappa shape index (κ2) is 8.67. The van der Waals surface area contributed by atoms with Crippen molar-refractivity contribution in [1.29, 1.82) is 0 Å². The molecule has 0 aliphatic rings. The smallest absolute Gasteiger partial charge is 0.420 e. The number of terminal acetylenes is 1. The predicted octanol–water partition coefficient (Wildman–Crippen LogP) is 5.03. The molecule has 7 heteroatoms. The van der Waals surface area contributed by atoms with Crippen molar-refractivity contribution in [3.05, 3.63) is 75.7 Å². The molecule has 0 fully saturated rings. The molecule has 0 N–H and O–H groups in total. The molecule has 166 valence electrons. The monoisotopic (exact) mass is 441 g/mol. The summed E-state index contributed by atoms with van der Waals surface area (Å²) in [6.45, 7) is 6.19. The van der Waals surface area contributed by atoms with E-state index in [2.05, 4.69) is 23.0 Å². The molecule has 2 aromatic carbocycles. The average Bonchev–Trinajstić information content (AvgIpc) is 3.33. The van der Waals surface area contributed by atoms with Gasteiger partial charge in [-0.3, -0.25) is 9.55 Å². The fraction of sp³-hybridized carbons (Fsp3) is 0.192. The van der Waals surface area contributed by atoms with E-state index in [0.717, 1.165) is 33.3 Å². The van der Waals surface area contributed by atoms with Crippen molar-refractivity contribution in [2.24, 2.45) is 0 Å². The van der Waals surface area contributed by atoms with Crippen LogP contribution in [0, 0.1) is 33.6 Å². The number of pyridine rings is 1. The molecule has 33 heavy (non-hydrogen) atoms. The van der Waals surface area contributed by atoms with E-state index in [1.807, 2.05) is 57.2 Å². The highest BCUT2D eigenvalue weighted by Gasteiger charge is 2.20. The summed E-state index contributed by atoms with van der Waals surface area (Å²) in [5.41, 5.74) is 6.53. The molecule has 5 rings (SSSR count). The number of aromatic nitrogens is 3. The van der Waals surface area contributed by atoms with Gasteiger partial charge in [-0.15, -0.1) is 12.8 Å². The van der Waals surface area contributed by atoms with Gasteiger partial charge in [0.1, 0.15) is 17.0 Å². The van der Waals surface area contributed by atoms with Crippen LogP contribution in [0.3, 0.4) is 0 Å². The lowest BCUT2D eigenvalue weighted by Gasteiger charge is -2.11. The van der Waals surface area contributed by atoms with E-state index in [9.17, 15) is 4.79 Å². The first-order valence-corrected chi connectivity index (χ1v) is 10.3. The SMILES string of the molecule is C#C.COc1cc2c(cc1-c1c(C)noc1C)ncc1oc(=O)n(Cc3ccc(C)cc3)c12. The Morgan fingerprint density at radius 3 is 2.45 bits per heavy atom. The fourth-order valence-corrected chi connectivity index (χ4v) is 4.03. The number of methoxy groups -OCH3 is 1. The number of fused-ring (bicyclic) bond motifs is 3. The van der Waals surface area contributed by atoms with E-state index in [0.29, 0.717) is 29.2 Å². The van der Waals surface area contributed by atoms with Gasteiger partial charge in [0.2, 0.25) is 0 Å². The minimum Gasteiger partial charge on any atom is -0.496 e. The molecule has 0 radical (unpaired) electrons. The number of ether oxygens (including phenoxy) is 1. The van der Waals surface area contributed by atoms with Gasteiger partial charge in [-0.05, 0) is 38.5 Å². The van der Waals surface area contributed by atoms with Gasteiger partial charge < -0.3 is 13.7 Å². The second-order valence-electron chi connectivity index (χ2n) is 7.68. The number of nitrogens with zero attached hydrogens (tertiary/aromatic N) is 3. The first-order valence-electron chi connectivity index (χ1n) is 10.3. The Morgan fingerprint density at radius 2 is 1.82 bits per heavy atom. The molecule has 0 saturated carbocycles. The van der Waals surface area contributed by atoms with Gasteiger partial charge in [0.15, 0.2) is 5.58 Å². The molecule has 0 saturated heterocycles. The van der Waals surface area contributed by atoms with Crippen molar-refractivity contribution in [3.63, 3.8) is 0 Å². The minimum absolute atomic E-state index is 0.402. The lowest BCUT2D eigenvalue weighted by Crippen LogP contribution is -2.15. The van der Waals surface area contributed by atoms with E-state index < -0.39 is 5.76 Å². The van der Waals surface area contributed by atoms with Gasteiger partial charge in [0.05, 0.1) is 36.6 Å². The molecule has 3 aromatic heterocycles. The van der Waals surface area contributed by atoms with Crippen molar-refractivity contribution < 1.29 is 13.7 Å². The molecule has 0 aliphatic heterocycles. The van der Waals surface area contributed by atoms with E-state index in [4.69, 9.17) is 13.7 Å². The predicted molar refractivity (Wildman–Crippen MR) is 127 cm³/mol. The molecule has 0 unspecified atom stereocenters. The lowest BCUT2D eigenvalue weighted by molar-refractivity contribution is 0.393. The van der Waals surface area contributed by atoms with Gasteiger partial charge >= 0.3 is 5.76 Å². The third kappa shape index (κ3) is 3.76. The van der Waals surface area contributed by atoms with Crippen molar-refractivity contribution in [3.8, 4) is 29.7 Å². The summed E-state index contributed by atoms with van der Waals surface area (Å²) in [4.78, 5) is 17.2. The number of hydrogen-bond acceptors (Lipinski definition) is 6. The van der Waals surface area contributed by atoms with Crippen LogP contribution in [0.15, 0.2) is 56.3 Å². The molecule has 0 aliphatic carbocycles. The van der Waals surface area contributed by atoms with Crippen molar-refractivity contribution >= 4 is 22.0 Å². The van der Waals surface area contributed by atoms with Crippen LogP contribution < -0.4 is 10.5 Å². The number of oxazole rings is 1. The Balaban J connectivity index is 0.00000126. The highest BCUT2D eigenvalue weighted by Crippen LogP contribution is 2.38. The summed E-state index contributed by atoms with van der Waals surface area (Å²) in [6.07, 6.45) is 9.59. The zero-order chi connectivity index (χ0) is 23.7. The number of hydrogen-bond donors (Lipinski definition) is 0. The number of rotatable bonds is 4. The minimum atomic E-state index is -0.418. The molecule has 0 bridgehead atoms. The summed E-state index contributed by atoms with van der Waals surface area (Å²) < 4.78 is 18.2. The molecule has 5 aromatic rings. The Labute approximate surface area is 190 Å². The maximum absolute atomic E-state index is 12.7. The summed E-state index contributed by atoms with van der Waals surface area (Å²) in [5, 5.41) is 4.84. The molecule has 7 nitrogen and oxygen atoms in total. The molecule has 3 heterocycles. The van der Waals surface area contributed by atoms with Crippen LogP contribution >= 0.6 is 0 Å². The third-order valence-electron chi connectivity index (χ3n) is 5.58. The van der Waals surface area contributed by atoms with Crippen molar-refractivity contribution in [2.45, 2.75) is 27.3 Å². The van der Waals surface area contributed by atoms with Gasteiger partial charge in [-0.25, -0.2) is 4.79 Å². The standard InChI is InChI=1S/C24H21N3O4.C2H2/c1-13-5-7-16(8-6-13)12-27-23-17-10-20(29-4)18(22-14(2)26-31-15(22)3)9-19(17)25-11-21(23)30-24(27)28;1-2/h5-11H,12H2,1-4H3;1-2H. The average molecular weight is 441 g/mol. The van der Waals surface area contributed by atoms with E-state index in [-0.39, 0.29) is 0 Å². The zero-order valence-corrected chi connectivity index (χ0v) is 18.9. The second-order valence-corrected chi connectivity index (χ2v) is 7.68. The molecular formula is C26H23N3O4. The van der Waals surface area contributed by atoms with Crippen LogP contribution in [-0.2, 0) is 6.54 Å². The normalized spacial score (nSPS) is 10.8. The Morgan fingerprint density at radius 1 is 1.09 bits per heavy atom. The Hall–Kier alpha value is -4.31. The molecule has 0 spiro atoms. The van der Waals surface area contributed by atoms with Crippen LogP contribution in [0.2, 0.25) is 0 Å². The number of aryl methyl sites for hydroxylation is 3. The van der Waals surface area contributed by atoms with Crippen LogP contribution in [0.25, 0.3) is 33.1 Å². The quantitative estimate of drug-likeness (QED) is 0.364. The van der Waals surface area contributed by atoms with Crippen LogP contribution in [0.5, 0.6) is 5.75 Å². The highest BCUT2D eigenvalue weighted by atomic mass is 16.5. The zero-order valence-electron chi connectivity index (χ0n) is 18.9. The van der Waals surface area contributed by atoms with E-state index in [1.54, 1.807) is 17.9 Å². The van der Waals surface area contributed by atoms with Crippen LogP contribution in [0.1, 0.15) is 22.6 Å². The molecule has 0 atom stereocenters. The van der Waals surface area contributed by atoms with Gasteiger partial charge in [-0.1, -0.05) is 35.0 Å². The van der Waals surface area contributed by atoms with Crippen molar-refractivity contribution in [1.82, 2.24) is 14.7 Å². The topological polar surface area (TPSA) is 83.3 Å². The molecular weight excluding hydrogens is 418 g/mol. The van der Waals surface area contributed by atoms with Gasteiger partial charge in [0, 0.05) is 10.9 Å². The van der Waals surface area contributed by atoms with E-state index in [1.165, 1.54) is 5.56 Å². The summed E-state index contributed by atoms with van der Waals surface area (Å²) in [6, 6.07) is 11.9. The molecule has 0 amide bonds. The summed E-state index contributed by atoms with van der Waals surface area (Å²) in [5.74, 6) is 0.932. The third-order valence-corrected chi connectivity index (χ3v) is 5.58. The largest absolute Gasteiger partial charge is 0.496 e. The lowest BCUT2D eigenvalue weighted by atomic mass is 10.0. The van der Waals surface area contributed by atoms with E-state index >= 15 is 0 Å². The van der Waals surface area contributed by atoms with Crippen LogP contribution in [0.4, 0.5) is 0 Å². The highest BCUT2D eigenvalue weighted by molar-refractivity contribution is 6.04. The summed E-state index contributed by atoms with van der Waals surface area (Å²) >= 11 is 0.